The topological polar surface area (TPSA) is 32.8 Å². The molecule has 146 valence electrons. The van der Waals surface area contributed by atoms with Crippen LogP contribution in [0.4, 0.5) is 0 Å². The third-order valence-corrected chi connectivity index (χ3v) is 4.70. The number of rotatable bonds is 12. The van der Waals surface area contributed by atoms with Crippen molar-refractivity contribution in [3.05, 3.63) is 71.8 Å². The summed E-state index contributed by atoms with van der Waals surface area (Å²) in [7, 11) is 0. The van der Waals surface area contributed by atoms with Gasteiger partial charge in [-0.1, -0.05) is 74.5 Å². The minimum absolute atomic E-state index is 0.117. The molecule has 0 amide bonds. The molecule has 0 unspecified atom stereocenters. The van der Waals surface area contributed by atoms with E-state index in [1.807, 2.05) is 12.1 Å². The Balaban J connectivity index is 1.84. The van der Waals surface area contributed by atoms with Gasteiger partial charge < -0.3 is 9.64 Å². The van der Waals surface area contributed by atoms with Crippen LogP contribution in [0.5, 0.6) is 0 Å². The SMILES string of the molecule is CCN(CC)CCOC(=O)CCN(Cc1ccccc1)Cc1ccccc1. The summed E-state index contributed by atoms with van der Waals surface area (Å²) >= 11 is 0. The standard InChI is InChI=1S/C23H32N2O2/c1-3-24(4-2)17-18-27-23(26)15-16-25(19-21-11-7-5-8-12-21)20-22-13-9-6-10-14-22/h5-14H,3-4,15-20H2,1-2H3. The molecule has 4 nitrogen and oxygen atoms in total. The molecule has 2 rings (SSSR count). The van der Waals surface area contributed by atoms with Crippen LogP contribution in [0.25, 0.3) is 0 Å². The van der Waals surface area contributed by atoms with Gasteiger partial charge in [-0.3, -0.25) is 9.69 Å². The van der Waals surface area contributed by atoms with Crippen LogP contribution in [-0.4, -0.2) is 48.6 Å². The summed E-state index contributed by atoms with van der Waals surface area (Å²) < 4.78 is 5.42. The summed E-state index contributed by atoms with van der Waals surface area (Å²) in [6, 6.07) is 20.8. The Bertz CT molecular complexity index is 600. The van der Waals surface area contributed by atoms with Crippen molar-refractivity contribution >= 4 is 5.97 Å². The predicted octanol–water partition coefficient (Wildman–Crippen LogP) is 3.96. The predicted molar refractivity (Wildman–Crippen MR) is 110 cm³/mol. The molecule has 27 heavy (non-hydrogen) atoms. The molecule has 0 N–H and O–H groups in total. The lowest BCUT2D eigenvalue weighted by Gasteiger charge is -2.22. The first-order chi connectivity index (χ1) is 13.2. The second-order valence-corrected chi connectivity index (χ2v) is 6.68. The number of carbonyl (C=O) groups is 1. The smallest absolute Gasteiger partial charge is 0.307 e. The summed E-state index contributed by atoms with van der Waals surface area (Å²) in [6.45, 7) is 9.81. The maximum absolute atomic E-state index is 12.1. The Morgan fingerprint density at radius 1 is 0.778 bits per heavy atom. The largest absolute Gasteiger partial charge is 0.464 e. The van der Waals surface area contributed by atoms with Gasteiger partial charge in [-0.25, -0.2) is 0 Å². The lowest BCUT2D eigenvalue weighted by molar-refractivity contribution is -0.144. The minimum Gasteiger partial charge on any atom is -0.464 e. The van der Waals surface area contributed by atoms with Gasteiger partial charge in [-0.15, -0.1) is 0 Å². The molecule has 0 saturated heterocycles. The highest BCUT2D eigenvalue weighted by Gasteiger charge is 2.11. The fourth-order valence-electron chi connectivity index (χ4n) is 3.05. The van der Waals surface area contributed by atoms with Gasteiger partial charge in [0.2, 0.25) is 0 Å². The first kappa shape index (κ1) is 21.1. The molecule has 0 aliphatic heterocycles. The maximum atomic E-state index is 12.1. The third-order valence-electron chi connectivity index (χ3n) is 4.70. The molecule has 4 heteroatoms. The third kappa shape index (κ3) is 8.37. The molecule has 0 bridgehead atoms. The summed E-state index contributed by atoms with van der Waals surface area (Å²) in [6.07, 6.45) is 0.415. The van der Waals surface area contributed by atoms with Gasteiger partial charge >= 0.3 is 5.97 Å². The zero-order chi connectivity index (χ0) is 19.3. The van der Waals surface area contributed by atoms with Crippen molar-refractivity contribution in [3.8, 4) is 0 Å². The Morgan fingerprint density at radius 3 is 1.78 bits per heavy atom. The number of ether oxygens (including phenoxy) is 1. The lowest BCUT2D eigenvalue weighted by atomic mass is 10.1. The molecular formula is C23H32N2O2. The van der Waals surface area contributed by atoms with Crippen LogP contribution in [0, 0.1) is 0 Å². The summed E-state index contributed by atoms with van der Waals surface area (Å²) in [5.41, 5.74) is 2.51. The monoisotopic (exact) mass is 368 g/mol. The molecule has 0 aromatic heterocycles. The molecule has 0 fully saturated rings. The molecular weight excluding hydrogens is 336 g/mol. The van der Waals surface area contributed by atoms with E-state index in [1.165, 1.54) is 11.1 Å². The van der Waals surface area contributed by atoms with Gasteiger partial charge in [0.25, 0.3) is 0 Å². The fraction of sp³-hybridized carbons (Fsp3) is 0.435. The molecule has 0 spiro atoms. The minimum atomic E-state index is -0.117. The van der Waals surface area contributed by atoms with E-state index in [0.29, 0.717) is 19.6 Å². The molecule has 0 radical (unpaired) electrons. The van der Waals surface area contributed by atoms with Crippen molar-refractivity contribution in [2.45, 2.75) is 33.4 Å². The first-order valence-electron chi connectivity index (χ1n) is 9.89. The van der Waals surface area contributed by atoms with E-state index in [2.05, 4.69) is 72.2 Å². The van der Waals surface area contributed by atoms with Crippen molar-refractivity contribution in [1.82, 2.24) is 9.80 Å². The number of carbonyl (C=O) groups excluding carboxylic acids is 1. The van der Waals surface area contributed by atoms with E-state index < -0.39 is 0 Å². The highest BCUT2D eigenvalue weighted by atomic mass is 16.5. The van der Waals surface area contributed by atoms with Gasteiger partial charge in [-0.2, -0.15) is 0 Å². The number of benzene rings is 2. The van der Waals surface area contributed by atoms with Crippen molar-refractivity contribution in [3.63, 3.8) is 0 Å². The van der Waals surface area contributed by atoms with Gasteiger partial charge in [0.05, 0.1) is 6.42 Å². The lowest BCUT2D eigenvalue weighted by Crippen LogP contribution is -2.29. The van der Waals surface area contributed by atoms with Crippen LogP contribution in [0.1, 0.15) is 31.4 Å². The molecule has 0 heterocycles. The molecule has 0 aliphatic carbocycles. The average Bonchev–Trinajstić information content (AvgIpc) is 2.71. The Kier molecular flexibility index (Phi) is 9.60. The highest BCUT2D eigenvalue weighted by Crippen LogP contribution is 2.11. The number of hydrogen-bond donors (Lipinski definition) is 0. The number of hydrogen-bond acceptors (Lipinski definition) is 4. The zero-order valence-corrected chi connectivity index (χ0v) is 16.6. The van der Waals surface area contributed by atoms with Gasteiger partial charge in [0.15, 0.2) is 0 Å². The van der Waals surface area contributed by atoms with Crippen molar-refractivity contribution in [1.29, 1.82) is 0 Å². The summed E-state index contributed by atoms with van der Waals surface area (Å²) in [5, 5.41) is 0. The zero-order valence-electron chi connectivity index (χ0n) is 16.6. The van der Waals surface area contributed by atoms with Gasteiger partial charge in [-0.05, 0) is 24.2 Å². The van der Waals surface area contributed by atoms with Gasteiger partial charge in [0.1, 0.15) is 6.61 Å². The Morgan fingerprint density at radius 2 is 1.30 bits per heavy atom. The van der Waals surface area contributed by atoms with E-state index in [0.717, 1.165) is 32.7 Å². The van der Waals surface area contributed by atoms with Crippen LogP contribution in [0.15, 0.2) is 60.7 Å². The molecule has 2 aromatic rings. The van der Waals surface area contributed by atoms with Crippen LogP contribution >= 0.6 is 0 Å². The van der Waals surface area contributed by atoms with Crippen molar-refractivity contribution in [2.75, 3.05) is 32.8 Å². The van der Waals surface area contributed by atoms with E-state index in [4.69, 9.17) is 4.74 Å². The first-order valence-corrected chi connectivity index (χ1v) is 9.89. The van der Waals surface area contributed by atoms with E-state index in [-0.39, 0.29) is 5.97 Å². The highest BCUT2D eigenvalue weighted by molar-refractivity contribution is 5.69. The number of nitrogens with zero attached hydrogens (tertiary/aromatic N) is 2. The molecule has 2 aromatic carbocycles. The molecule has 0 atom stereocenters. The number of likely N-dealkylation sites (N-methyl/N-ethyl adjacent to an activating group) is 1. The second-order valence-electron chi connectivity index (χ2n) is 6.68. The summed E-state index contributed by atoms with van der Waals surface area (Å²) in [4.78, 5) is 16.7. The van der Waals surface area contributed by atoms with Crippen molar-refractivity contribution in [2.24, 2.45) is 0 Å². The van der Waals surface area contributed by atoms with Crippen LogP contribution in [-0.2, 0) is 22.6 Å². The normalized spacial score (nSPS) is 11.1. The second kappa shape index (κ2) is 12.3. The van der Waals surface area contributed by atoms with E-state index in [9.17, 15) is 4.79 Å². The van der Waals surface area contributed by atoms with E-state index >= 15 is 0 Å². The Hall–Kier alpha value is -2.17. The van der Waals surface area contributed by atoms with Crippen molar-refractivity contribution < 1.29 is 9.53 Å². The van der Waals surface area contributed by atoms with Crippen LogP contribution < -0.4 is 0 Å². The number of esters is 1. The summed E-state index contributed by atoms with van der Waals surface area (Å²) in [5.74, 6) is -0.117. The van der Waals surface area contributed by atoms with Crippen LogP contribution in [0.2, 0.25) is 0 Å². The maximum Gasteiger partial charge on any atom is 0.307 e. The van der Waals surface area contributed by atoms with Gasteiger partial charge in [0, 0.05) is 26.2 Å². The fourth-order valence-corrected chi connectivity index (χ4v) is 3.05. The Labute approximate surface area is 163 Å². The molecule has 0 saturated carbocycles. The van der Waals surface area contributed by atoms with Crippen LogP contribution in [0.3, 0.4) is 0 Å². The van der Waals surface area contributed by atoms with E-state index in [1.54, 1.807) is 0 Å². The molecule has 0 aliphatic rings. The average molecular weight is 369 g/mol. The quantitative estimate of drug-likeness (QED) is 0.531.